The molecule has 0 spiro atoms. The fraction of sp³-hybridized carbons (Fsp3) is 0.833. The van der Waals surface area contributed by atoms with Crippen molar-refractivity contribution in [3.8, 4) is 0 Å². The molecule has 0 aromatic carbocycles. The highest BCUT2D eigenvalue weighted by Crippen LogP contribution is 2.18. The molecule has 0 aromatic heterocycles. The van der Waals surface area contributed by atoms with Gasteiger partial charge in [-0.25, -0.2) is 0 Å². The topological polar surface area (TPSA) is 49.3 Å². The molecule has 0 aliphatic heterocycles. The molecule has 1 radical (unpaired) electrons. The highest BCUT2D eigenvalue weighted by Gasteiger charge is 2.25. The molecule has 0 saturated heterocycles. The van der Waals surface area contributed by atoms with Crippen molar-refractivity contribution in [2.24, 2.45) is 0 Å². The maximum Gasteiger partial charge on any atom is 0.213 e. The van der Waals surface area contributed by atoms with Gasteiger partial charge in [0.05, 0.1) is 12.6 Å². The lowest BCUT2D eigenvalue weighted by Crippen LogP contribution is -2.44. The molecule has 0 heterocycles. The van der Waals surface area contributed by atoms with Crippen molar-refractivity contribution >= 4 is 6.29 Å². The number of aliphatic hydroxyl groups is 1. The van der Waals surface area contributed by atoms with Crippen LogP contribution in [0.25, 0.3) is 0 Å². The van der Waals surface area contributed by atoms with Gasteiger partial charge in [0, 0.05) is 6.04 Å². The van der Waals surface area contributed by atoms with Gasteiger partial charge < -0.3 is 10.4 Å². The number of carbonyl (C=O) groups excluding carboxylic acids is 1. The fourth-order valence-electron chi connectivity index (χ4n) is 0.940. The average molecular weight is 128 g/mol. The lowest BCUT2D eigenvalue weighted by Gasteiger charge is -2.31. The first-order chi connectivity index (χ1) is 4.33. The van der Waals surface area contributed by atoms with Crippen LogP contribution in [0.5, 0.6) is 0 Å². The van der Waals surface area contributed by atoms with Gasteiger partial charge in [0.15, 0.2) is 0 Å². The van der Waals surface area contributed by atoms with Crippen LogP contribution in [0.4, 0.5) is 0 Å². The predicted molar refractivity (Wildman–Crippen MR) is 32.7 cm³/mol. The second kappa shape index (κ2) is 2.94. The van der Waals surface area contributed by atoms with Gasteiger partial charge in [-0.1, -0.05) is 0 Å². The Morgan fingerprint density at radius 2 is 2.33 bits per heavy atom. The lowest BCUT2D eigenvalue weighted by molar-refractivity contribution is 0.0644. The molecule has 3 nitrogen and oxygen atoms in total. The Balaban J connectivity index is 1.97. The Morgan fingerprint density at radius 1 is 1.67 bits per heavy atom. The SMILES string of the molecule is O=[C]CNC1CC(O)C1. The van der Waals surface area contributed by atoms with Gasteiger partial charge in [-0.15, -0.1) is 0 Å². The van der Waals surface area contributed by atoms with Crippen LogP contribution in [-0.2, 0) is 4.79 Å². The molecule has 1 rings (SSSR count). The maximum atomic E-state index is 9.68. The van der Waals surface area contributed by atoms with E-state index in [1.807, 2.05) is 0 Å². The van der Waals surface area contributed by atoms with E-state index in [1.54, 1.807) is 6.29 Å². The van der Waals surface area contributed by atoms with Crippen LogP contribution in [0.2, 0.25) is 0 Å². The van der Waals surface area contributed by atoms with Crippen LogP contribution in [-0.4, -0.2) is 30.1 Å². The molecular formula is C6H10NO2. The number of nitrogens with one attached hydrogen (secondary N) is 1. The Kier molecular flexibility index (Phi) is 2.19. The highest BCUT2D eigenvalue weighted by molar-refractivity contribution is 5.52. The molecule has 2 N–H and O–H groups in total. The summed E-state index contributed by atoms with van der Waals surface area (Å²) in [6, 6.07) is 0.349. The van der Waals surface area contributed by atoms with Gasteiger partial charge in [-0.05, 0) is 12.8 Å². The van der Waals surface area contributed by atoms with Crippen molar-refractivity contribution in [1.29, 1.82) is 0 Å². The van der Waals surface area contributed by atoms with Crippen LogP contribution in [0.3, 0.4) is 0 Å². The third kappa shape index (κ3) is 1.77. The lowest BCUT2D eigenvalue weighted by atomic mass is 9.90. The molecule has 1 fully saturated rings. The third-order valence-electron chi connectivity index (χ3n) is 1.58. The smallest absolute Gasteiger partial charge is 0.213 e. The van der Waals surface area contributed by atoms with E-state index in [-0.39, 0.29) is 12.6 Å². The van der Waals surface area contributed by atoms with Gasteiger partial charge in [0.25, 0.3) is 0 Å². The summed E-state index contributed by atoms with van der Waals surface area (Å²) in [6.45, 7) is 0.289. The zero-order valence-corrected chi connectivity index (χ0v) is 5.13. The number of aliphatic hydroxyl groups excluding tert-OH is 1. The summed E-state index contributed by atoms with van der Waals surface area (Å²) < 4.78 is 0. The number of hydrogen-bond acceptors (Lipinski definition) is 3. The monoisotopic (exact) mass is 128 g/mol. The largest absolute Gasteiger partial charge is 0.393 e. The maximum absolute atomic E-state index is 9.68. The summed E-state index contributed by atoms with van der Waals surface area (Å²) in [6.07, 6.45) is 3.15. The Labute approximate surface area is 54.1 Å². The van der Waals surface area contributed by atoms with Crippen LogP contribution in [0.1, 0.15) is 12.8 Å². The summed E-state index contributed by atoms with van der Waals surface area (Å²) in [5.41, 5.74) is 0. The Morgan fingerprint density at radius 3 is 2.78 bits per heavy atom. The fourth-order valence-corrected chi connectivity index (χ4v) is 0.940. The zero-order valence-electron chi connectivity index (χ0n) is 5.13. The standard InChI is InChI=1S/C6H10NO2/c8-2-1-7-5-3-6(9)4-5/h5-7,9H,1,3-4H2. The zero-order chi connectivity index (χ0) is 6.69. The molecule has 1 aliphatic rings. The third-order valence-corrected chi connectivity index (χ3v) is 1.58. The molecule has 1 saturated carbocycles. The van der Waals surface area contributed by atoms with Crippen LogP contribution < -0.4 is 5.32 Å². The first-order valence-electron chi connectivity index (χ1n) is 3.09. The normalized spacial score (nSPS) is 33.4. The minimum Gasteiger partial charge on any atom is -0.393 e. The summed E-state index contributed by atoms with van der Waals surface area (Å²) in [5.74, 6) is 0. The van der Waals surface area contributed by atoms with E-state index in [9.17, 15) is 4.79 Å². The molecular weight excluding hydrogens is 118 g/mol. The molecule has 0 atom stereocenters. The van der Waals surface area contributed by atoms with Crippen molar-refractivity contribution in [1.82, 2.24) is 5.32 Å². The van der Waals surface area contributed by atoms with Crippen molar-refractivity contribution in [3.63, 3.8) is 0 Å². The van der Waals surface area contributed by atoms with E-state index in [1.165, 1.54) is 0 Å². The molecule has 0 aromatic rings. The first kappa shape index (κ1) is 6.71. The molecule has 0 unspecified atom stereocenters. The van der Waals surface area contributed by atoms with E-state index >= 15 is 0 Å². The van der Waals surface area contributed by atoms with Gasteiger partial charge >= 0.3 is 0 Å². The number of hydrogen-bond donors (Lipinski definition) is 2. The van der Waals surface area contributed by atoms with Crippen LogP contribution in [0.15, 0.2) is 0 Å². The van der Waals surface area contributed by atoms with Crippen LogP contribution >= 0.6 is 0 Å². The van der Waals surface area contributed by atoms with E-state index in [4.69, 9.17) is 5.11 Å². The van der Waals surface area contributed by atoms with Crippen molar-refractivity contribution in [2.75, 3.05) is 6.54 Å². The molecule has 9 heavy (non-hydrogen) atoms. The number of rotatable bonds is 3. The summed E-state index contributed by atoms with van der Waals surface area (Å²) in [4.78, 5) is 9.68. The Bertz CT molecular complexity index is 99.2. The minimum absolute atomic E-state index is 0.144. The molecule has 0 amide bonds. The van der Waals surface area contributed by atoms with Gasteiger partial charge in [0.2, 0.25) is 6.29 Å². The summed E-state index contributed by atoms with van der Waals surface area (Å²) >= 11 is 0. The van der Waals surface area contributed by atoms with E-state index in [0.717, 1.165) is 12.8 Å². The predicted octanol–water partition coefficient (Wildman–Crippen LogP) is -0.791. The van der Waals surface area contributed by atoms with E-state index in [2.05, 4.69) is 5.32 Å². The Hall–Kier alpha value is -0.410. The van der Waals surface area contributed by atoms with Crippen molar-refractivity contribution < 1.29 is 9.90 Å². The highest BCUT2D eigenvalue weighted by atomic mass is 16.3. The van der Waals surface area contributed by atoms with Crippen molar-refractivity contribution in [3.05, 3.63) is 0 Å². The van der Waals surface area contributed by atoms with Gasteiger partial charge in [0.1, 0.15) is 0 Å². The van der Waals surface area contributed by atoms with E-state index < -0.39 is 0 Å². The second-order valence-corrected chi connectivity index (χ2v) is 2.35. The molecule has 51 valence electrons. The van der Waals surface area contributed by atoms with Gasteiger partial charge in [-0.2, -0.15) is 0 Å². The van der Waals surface area contributed by atoms with Crippen LogP contribution in [0, 0.1) is 0 Å². The van der Waals surface area contributed by atoms with E-state index in [0.29, 0.717) is 6.04 Å². The quantitative estimate of drug-likeness (QED) is 0.523. The molecule has 3 heteroatoms. The molecule has 1 aliphatic carbocycles. The second-order valence-electron chi connectivity index (χ2n) is 2.35. The van der Waals surface area contributed by atoms with Gasteiger partial charge in [-0.3, -0.25) is 4.79 Å². The van der Waals surface area contributed by atoms with Crippen molar-refractivity contribution in [2.45, 2.75) is 25.0 Å². The minimum atomic E-state index is -0.144. The average Bonchev–Trinajstić information content (AvgIpc) is 1.78. The molecule has 0 bridgehead atoms. The first-order valence-corrected chi connectivity index (χ1v) is 3.09. The summed E-state index contributed by atoms with van der Waals surface area (Å²) in [7, 11) is 0. The summed E-state index contributed by atoms with van der Waals surface area (Å²) in [5, 5.41) is 11.7.